The number of aromatic nitrogens is 4. The molecule has 370 valence electrons. The number of amides is 3. The number of benzene rings is 3. The lowest BCUT2D eigenvalue weighted by molar-refractivity contribution is -0.136. The van der Waals surface area contributed by atoms with Crippen LogP contribution in [0.4, 0.5) is 28.8 Å². The van der Waals surface area contributed by atoms with Gasteiger partial charge in [-0.3, -0.25) is 29.7 Å². The van der Waals surface area contributed by atoms with E-state index in [0.29, 0.717) is 74.9 Å². The zero-order chi connectivity index (χ0) is 48.9. The molecule has 2 aromatic heterocycles. The first-order valence-electron chi connectivity index (χ1n) is 24.8. The van der Waals surface area contributed by atoms with Crippen LogP contribution in [0.15, 0.2) is 65.5 Å². The molecule has 6 heterocycles. The Balaban J connectivity index is 0.691. The van der Waals surface area contributed by atoms with E-state index in [9.17, 15) is 18.9 Å². The van der Waals surface area contributed by atoms with Gasteiger partial charge < -0.3 is 39.4 Å². The van der Waals surface area contributed by atoms with Crippen LogP contribution in [-0.4, -0.2) is 113 Å². The Bertz CT molecular complexity index is 2790. The molecule has 3 saturated heterocycles. The topological polar surface area (TPSA) is 184 Å². The molecule has 3 amide bonds. The van der Waals surface area contributed by atoms with E-state index in [0.717, 1.165) is 61.1 Å². The number of methoxy groups -OCH3 is 1. The monoisotopic (exact) mass is 1030 g/mol. The summed E-state index contributed by atoms with van der Waals surface area (Å²) in [6.07, 6.45) is 16.1. The number of likely N-dealkylation sites (tertiary alicyclic amines) is 1. The molecule has 0 aliphatic carbocycles. The Hall–Kier alpha value is -5.64. The van der Waals surface area contributed by atoms with Crippen molar-refractivity contribution < 1.29 is 28.4 Å². The molecule has 3 aromatic carbocycles. The van der Waals surface area contributed by atoms with E-state index in [1.54, 1.807) is 50.0 Å². The average Bonchev–Trinajstić information content (AvgIpc) is 3.69. The van der Waals surface area contributed by atoms with Gasteiger partial charge in [0.25, 0.3) is 5.91 Å². The number of aryl methyl sites for hydroxylation is 1. The van der Waals surface area contributed by atoms with Gasteiger partial charge in [0.05, 0.1) is 46.9 Å². The summed E-state index contributed by atoms with van der Waals surface area (Å²) >= 11 is 3.60. The number of ether oxygens (including phenoxy) is 2. The van der Waals surface area contributed by atoms with Gasteiger partial charge in [0, 0.05) is 61.0 Å². The first-order chi connectivity index (χ1) is 33.8. The summed E-state index contributed by atoms with van der Waals surface area (Å²) in [6, 6.07) is 12.9. The third-order valence-electron chi connectivity index (χ3n) is 14.5. The largest absolute Gasteiger partial charge is 0.494 e. The van der Waals surface area contributed by atoms with Gasteiger partial charge in [-0.2, -0.15) is 4.98 Å². The smallest absolute Gasteiger partial charge is 0.255 e. The normalized spacial score (nSPS) is 18.3. The van der Waals surface area contributed by atoms with Gasteiger partial charge in [-0.25, -0.2) is 4.98 Å². The molecule has 5 aromatic rings. The fourth-order valence-electron chi connectivity index (χ4n) is 10.8. The minimum atomic E-state index is -2.77. The number of nitrogens with zero attached hydrogens (tertiary/aromatic N) is 7. The lowest BCUT2D eigenvalue weighted by Gasteiger charge is -2.41. The second-order valence-electron chi connectivity index (χ2n) is 19.5. The predicted octanol–water partition coefficient (Wildman–Crippen LogP) is 8.95. The fraction of sp³-hybridized carbons (Fsp3) is 0.481. The van der Waals surface area contributed by atoms with Gasteiger partial charge >= 0.3 is 0 Å². The van der Waals surface area contributed by atoms with Crippen LogP contribution in [-0.2, 0) is 20.7 Å². The lowest BCUT2D eigenvalue weighted by Crippen LogP contribution is -2.52. The Kier molecular flexibility index (Phi) is 15.4. The standard InChI is InChI=1S/C52H64BrN10O6P/c1-33-29-41(58-52-56-31-38(53)49(60-52)57-40-14-13-39-47(55-22-21-54-39)48(40)70(3,4)67)45(68-2)30-43(33)62-26-19-35(20-27-62)34-17-24-61(25-18-34)23-8-6-5-7-9-28-69-44-12-10-11-36-37(44)32-63(51(36)66)42-15-16-46(64)59-50(42)65/h10-14,21-22,29-31,34-35,42H,5-9,15-20,23-28,32H2,1-4H3,(H,59,64,65)(H2,56,57,58,60). The Morgan fingerprint density at radius 2 is 1.59 bits per heavy atom. The van der Waals surface area contributed by atoms with Gasteiger partial charge in [0.15, 0.2) is 0 Å². The van der Waals surface area contributed by atoms with Crippen molar-refractivity contribution in [2.75, 3.05) is 75.3 Å². The highest BCUT2D eigenvalue weighted by Crippen LogP contribution is 2.42. The molecule has 16 nitrogen and oxygen atoms in total. The number of carbonyl (C=O) groups excluding carboxylic acids is 3. The Morgan fingerprint density at radius 1 is 0.843 bits per heavy atom. The first-order valence-corrected chi connectivity index (χ1v) is 28.1. The molecule has 1 atom stereocenters. The van der Waals surface area contributed by atoms with E-state index >= 15 is 0 Å². The van der Waals surface area contributed by atoms with E-state index in [-0.39, 0.29) is 18.2 Å². The van der Waals surface area contributed by atoms with Crippen molar-refractivity contribution in [1.29, 1.82) is 0 Å². The van der Waals surface area contributed by atoms with Crippen molar-refractivity contribution in [1.82, 2.24) is 35.1 Å². The highest BCUT2D eigenvalue weighted by Gasteiger charge is 2.40. The zero-order valence-electron chi connectivity index (χ0n) is 40.6. The van der Waals surface area contributed by atoms with E-state index in [4.69, 9.17) is 14.5 Å². The summed E-state index contributed by atoms with van der Waals surface area (Å²) in [6.45, 7) is 12.1. The second kappa shape index (κ2) is 21.8. The summed E-state index contributed by atoms with van der Waals surface area (Å²) < 4.78 is 26.3. The van der Waals surface area contributed by atoms with Crippen molar-refractivity contribution in [3.8, 4) is 11.5 Å². The summed E-state index contributed by atoms with van der Waals surface area (Å²) in [5.74, 6) is 3.00. The van der Waals surface area contributed by atoms with Crippen molar-refractivity contribution in [2.45, 2.75) is 90.1 Å². The van der Waals surface area contributed by atoms with Crippen LogP contribution in [0.1, 0.15) is 92.1 Å². The zero-order valence-corrected chi connectivity index (χ0v) is 43.1. The fourth-order valence-corrected chi connectivity index (χ4v) is 12.5. The molecule has 70 heavy (non-hydrogen) atoms. The third kappa shape index (κ3) is 11.1. The summed E-state index contributed by atoms with van der Waals surface area (Å²) in [5.41, 5.74) is 6.46. The molecule has 0 spiro atoms. The first kappa shape index (κ1) is 49.3. The van der Waals surface area contributed by atoms with E-state index < -0.39 is 19.1 Å². The molecular weight excluding hydrogens is 972 g/mol. The number of rotatable bonds is 18. The molecule has 1 unspecified atom stereocenters. The number of unbranched alkanes of at least 4 members (excludes halogenated alkanes) is 4. The van der Waals surface area contributed by atoms with Gasteiger partial charge in [-0.1, -0.05) is 25.3 Å². The third-order valence-corrected chi connectivity index (χ3v) is 16.6. The Labute approximate surface area is 418 Å². The molecule has 0 bridgehead atoms. The molecule has 4 aliphatic rings. The maximum Gasteiger partial charge on any atom is 0.255 e. The number of piperidine rings is 3. The molecule has 9 rings (SSSR count). The average molecular weight is 1040 g/mol. The minimum absolute atomic E-state index is 0.177. The van der Waals surface area contributed by atoms with Crippen LogP contribution >= 0.6 is 23.1 Å². The van der Waals surface area contributed by atoms with E-state index in [2.05, 4.69) is 75.7 Å². The number of fused-ring (bicyclic) bond motifs is 2. The number of nitrogens with one attached hydrogen (secondary N) is 3. The number of hydrogen-bond acceptors (Lipinski definition) is 14. The van der Waals surface area contributed by atoms with Gasteiger partial charge in [0.2, 0.25) is 17.8 Å². The summed E-state index contributed by atoms with van der Waals surface area (Å²) in [4.78, 5) is 62.3. The number of imide groups is 1. The highest BCUT2D eigenvalue weighted by molar-refractivity contribution is 9.10. The second-order valence-corrected chi connectivity index (χ2v) is 23.5. The van der Waals surface area contributed by atoms with Crippen LogP contribution < -0.4 is 35.6 Å². The molecular formula is C52H64BrN10O6P. The summed E-state index contributed by atoms with van der Waals surface area (Å²) in [5, 5.41) is 9.76. The number of hydrogen-bond donors (Lipinski definition) is 3. The molecule has 18 heteroatoms. The maximum absolute atomic E-state index is 13.5. The van der Waals surface area contributed by atoms with Crippen LogP contribution in [0.2, 0.25) is 0 Å². The van der Waals surface area contributed by atoms with Crippen LogP contribution in [0, 0.1) is 18.8 Å². The molecule has 0 saturated carbocycles. The van der Waals surface area contributed by atoms with Crippen molar-refractivity contribution in [3.05, 3.63) is 82.2 Å². The van der Waals surface area contributed by atoms with Crippen molar-refractivity contribution in [2.24, 2.45) is 11.8 Å². The SMILES string of the molecule is COc1cc(N2CCC(C3CCN(CCCCCCCOc4cccc5c4CN(C4CCC(=O)NC4=O)C5=O)CC3)CC2)c(C)cc1Nc1ncc(Br)c(Nc2ccc3nccnc3c2P(C)(C)=O)n1. The van der Waals surface area contributed by atoms with Gasteiger partial charge in [0.1, 0.15) is 36.0 Å². The molecule has 4 aliphatic heterocycles. The Morgan fingerprint density at radius 3 is 2.34 bits per heavy atom. The van der Waals surface area contributed by atoms with Gasteiger partial charge in [-0.15, -0.1) is 0 Å². The molecule has 0 radical (unpaired) electrons. The van der Waals surface area contributed by atoms with Gasteiger partial charge in [-0.05, 0) is 148 Å². The number of halogens is 1. The molecule has 3 fully saturated rings. The van der Waals surface area contributed by atoms with E-state index in [1.807, 2.05) is 24.3 Å². The summed E-state index contributed by atoms with van der Waals surface area (Å²) in [7, 11) is -1.08. The van der Waals surface area contributed by atoms with Crippen molar-refractivity contribution in [3.63, 3.8) is 0 Å². The lowest BCUT2D eigenvalue weighted by atomic mass is 9.78. The highest BCUT2D eigenvalue weighted by atomic mass is 79.9. The number of anilines is 5. The maximum atomic E-state index is 13.5. The predicted molar refractivity (Wildman–Crippen MR) is 278 cm³/mol. The molecule has 3 N–H and O–H groups in total. The van der Waals surface area contributed by atoms with Crippen LogP contribution in [0.3, 0.4) is 0 Å². The van der Waals surface area contributed by atoms with Crippen LogP contribution in [0.25, 0.3) is 11.0 Å². The van der Waals surface area contributed by atoms with Crippen molar-refractivity contribution >= 4 is 86.0 Å². The number of carbonyl (C=O) groups is 3. The quantitative estimate of drug-likeness (QED) is 0.0429. The van der Waals surface area contributed by atoms with Crippen LogP contribution in [0.5, 0.6) is 11.5 Å². The minimum Gasteiger partial charge on any atom is -0.494 e. The van der Waals surface area contributed by atoms with E-state index in [1.165, 1.54) is 63.7 Å².